The lowest BCUT2D eigenvalue weighted by atomic mass is 10.1. The normalized spacial score (nSPS) is 23.7. The zero-order chi connectivity index (χ0) is 23.0. The maximum absolute atomic E-state index is 13.9. The van der Waals surface area contributed by atoms with Gasteiger partial charge in [-0.2, -0.15) is 0 Å². The third kappa shape index (κ3) is 4.56. The van der Waals surface area contributed by atoms with E-state index in [1.54, 1.807) is 0 Å². The second kappa shape index (κ2) is 8.67. The molecule has 2 aromatic heterocycles. The highest BCUT2D eigenvalue weighted by Crippen LogP contribution is 2.39. The average molecular weight is 471 g/mol. The third-order valence-corrected chi connectivity index (χ3v) is 5.35. The molecule has 172 valence electrons. The van der Waals surface area contributed by atoms with Gasteiger partial charge in [0.2, 0.25) is 0 Å². The van der Waals surface area contributed by atoms with Gasteiger partial charge in [0.05, 0.1) is 12.9 Å². The van der Waals surface area contributed by atoms with E-state index < -0.39 is 44.8 Å². The minimum atomic E-state index is -4.79. The number of aromatic hydroxyl groups is 1. The molecule has 6 N–H and O–H groups in total. The molecule has 13 nitrogen and oxygen atoms in total. The molecule has 1 aromatic carbocycles. The van der Waals surface area contributed by atoms with Crippen LogP contribution in [-0.4, -0.2) is 69.5 Å². The summed E-state index contributed by atoms with van der Waals surface area (Å²) < 4.78 is 36.1. The Morgan fingerprint density at radius 3 is 2.72 bits per heavy atom. The predicted molar refractivity (Wildman–Crippen MR) is 105 cm³/mol. The number of ether oxygens (including phenoxy) is 1. The van der Waals surface area contributed by atoms with Gasteiger partial charge < -0.3 is 35.2 Å². The van der Waals surface area contributed by atoms with Crippen LogP contribution in [0.25, 0.3) is 11.2 Å². The maximum atomic E-state index is 13.9. The molecule has 3 aromatic rings. The van der Waals surface area contributed by atoms with Crippen LogP contribution in [0.1, 0.15) is 11.8 Å². The molecule has 4 atom stereocenters. The number of aliphatic hydroxyl groups excluding tert-OH is 2. The molecule has 1 saturated heterocycles. The summed E-state index contributed by atoms with van der Waals surface area (Å²) in [7, 11) is -4.79. The third-order valence-electron chi connectivity index (χ3n) is 4.86. The molecule has 1 fully saturated rings. The standard InChI is InChI=1S/C17H19FN5O8P/c18-10-3-9(24)2-1-8(10)4-19-15-12-16(21-6-20-15)23(7-22-12)17-14(26)13(25)11(31-17)5-30-32(27,28)29/h1-3,6-7,11,13-14,17,24-26H,4-5H2,(H,19,20,21)(H2,27,28,29)/t11-,13-,14-,17-/m1/s1. The molecule has 0 saturated carbocycles. The second-order valence-corrected chi connectivity index (χ2v) is 8.25. The first-order valence-corrected chi connectivity index (χ1v) is 10.8. The second-order valence-electron chi connectivity index (χ2n) is 7.01. The number of fused-ring (bicyclic) bond motifs is 1. The zero-order valence-electron chi connectivity index (χ0n) is 16.2. The minimum absolute atomic E-state index is 0.0359. The van der Waals surface area contributed by atoms with Crippen molar-refractivity contribution in [2.24, 2.45) is 0 Å². The highest BCUT2D eigenvalue weighted by atomic mass is 31.2. The molecule has 15 heteroatoms. The van der Waals surface area contributed by atoms with Gasteiger partial charge in [-0.15, -0.1) is 0 Å². The molecule has 0 spiro atoms. The Labute approximate surface area is 179 Å². The van der Waals surface area contributed by atoms with Gasteiger partial charge in [0.15, 0.2) is 23.2 Å². The smallest absolute Gasteiger partial charge is 0.469 e. The lowest BCUT2D eigenvalue weighted by molar-refractivity contribution is -0.0504. The molecule has 0 amide bonds. The Kier molecular flexibility index (Phi) is 6.09. The van der Waals surface area contributed by atoms with Crippen molar-refractivity contribution in [1.29, 1.82) is 0 Å². The molecule has 3 heterocycles. The van der Waals surface area contributed by atoms with E-state index in [2.05, 4.69) is 24.8 Å². The number of phenols is 1. The first-order chi connectivity index (χ1) is 15.1. The Balaban J connectivity index is 1.54. The molecule has 0 radical (unpaired) electrons. The molecule has 1 aliphatic rings. The van der Waals surface area contributed by atoms with Crippen LogP contribution in [0.15, 0.2) is 30.9 Å². The number of nitrogens with zero attached hydrogens (tertiary/aromatic N) is 4. The van der Waals surface area contributed by atoms with E-state index in [0.717, 1.165) is 6.07 Å². The van der Waals surface area contributed by atoms with E-state index in [1.165, 1.54) is 29.4 Å². The molecule has 4 rings (SSSR count). The van der Waals surface area contributed by atoms with Gasteiger partial charge in [0.25, 0.3) is 0 Å². The Bertz CT molecular complexity index is 1170. The number of anilines is 1. The fourth-order valence-corrected chi connectivity index (χ4v) is 3.63. The number of aromatic nitrogens is 4. The molecule has 0 bridgehead atoms. The van der Waals surface area contributed by atoms with Gasteiger partial charge in [-0.05, 0) is 6.07 Å². The van der Waals surface area contributed by atoms with Crippen molar-refractivity contribution >= 4 is 24.8 Å². The largest absolute Gasteiger partial charge is 0.508 e. The van der Waals surface area contributed by atoms with Gasteiger partial charge >= 0.3 is 7.82 Å². The van der Waals surface area contributed by atoms with Crippen LogP contribution in [0.5, 0.6) is 5.75 Å². The van der Waals surface area contributed by atoms with Crippen LogP contribution in [0.4, 0.5) is 10.2 Å². The summed E-state index contributed by atoms with van der Waals surface area (Å²) in [5.41, 5.74) is 0.771. The van der Waals surface area contributed by atoms with Gasteiger partial charge in [0, 0.05) is 18.2 Å². The summed E-state index contributed by atoms with van der Waals surface area (Å²) in [6.07, 6.45) is -2.83. The molecule has 0 unspecified atom stereocenters. The summed E-state index contributed by atoms with van der Waals surface area (Å²) >= 11 is 0. The van der Waals surface area contributed by atoms with E-state index in [1.807, 2.05) is 0 Å². The number of phenolic OH excluding ortho intramolecular Hbond substituents is 1. The monoisotopic (exact) mass is 471 g/mol. The number of rotatable bonds is 7. The number of hydrogen-bond donors (Lipinski definition) is 6. The molecule has 0 aliphatic carbocycles. The highest BCUT2D eigenvalue weighted by Gasteiger charge is 2.45. The van der Waals surface area contributed by atoms with Crippen molar-refractivity contribution in [3.63, 3.8) is 0 Å². The lowest BCUT2D eigenvalue weighted by Gasteiger charge is -2.16. The van der Waals surface area contributed by atoms with E-state index in [-0.39, 0.29) is 34.8 Å². The Morgan fingerprint density at radius 2 is 2.00 bits per heavy atom. The summed E-state index contributed by atoms with van der Waals surface area (Å²) in [6.45, 7) is -0.611. The van der Waals surface area contributed by atoms with E-state index in [9.17, 15) is 24.3 Å². The van der Waals surface area contributed by atoms with Crippen molar-refractivity contribution in [2.45, 2.75) is 31.1 Å². The minimum Gasteiger partial charge on any atom is -0.508 e. The van der Waals surface area contributed by atoms with E-state index >= 15 is 0 Å². The fourth-order valence-electron chi connectivity index (χ4n) is 3.29. The van der Waals surface area contributed by atoms with Crippen LogP contribution in [0.3, 0.4) is 0 Å². The van der Waals surface area contributed by atoms with Crippen LogP contribution >= 0.6 is 7.82 Å². The van der Waals surface area contributed by atoms with E-state index in [0.29, 0.717) is 0 Å². The predicted octanol–water partition coefficient (Wildman–Crippen LogP) is 0.0116. The maximum Gasteiger partial charge on any atom is 0.469 e. The summed E-state index contributed by atoms with van der Waals surface area (Å²) in [6, 6.07) is 3.75. The Morgan fingerprint density at radius 1 is 1.22 bits per heavy atom. The first kappa shape index (κ1) is 22.5. The number of phosphoric acid groups is 1. The van der Waals surface area contributed by atoms with Crippen LogP contribution in [0.2, 0.25) is 0 Å². The summed E-state index contributed by atoms with van der Waals surface area (Å²) in [4.78, 5) is 30.1. The number of aliphatic hydroxyl groups is 2. The average Bonchev–Trinajstić information content (AvgIpc) is 3.27. The number of hydrogen-bond acceptors (Lipinski definition) is 10. The van der Waals surface area contributed by atoms with Gasteiger partial charge in [-0.25, -0.2) is 23.9 Å². The quantitative estimate of drug-likeness (QED) is 0.253. The number of phosphoric ester groups is 1. The molecular weight excluding hydrogens is 452 g/mol. The highest BCUT2D eigenvalue weighted by molar-refractivity contribution is 7.46. The topological polar surface area (TPSA) is 192 Å². The van der Waals surface area contributed by atoms with Crippen molar-refractivity contribution < 1.29 is 43.3 Å². The first-order valence-electron chi connectivity index (χ1n) is 9.24. The molecule has 1 aliphatic heterocycles. The van der Waals surface area contributed by atoms with Crippen LogP contribution in [0, 0.1) is 5.82 Å². The van der Waals surface area contributed by atoms with Crippen molar-refractivity contribution in [2.75, 3.05) is 11.9 Å². The number of halogens is 1. The van der Waals surface area contributed by atoms with Gasteiger partial charge in [-0.3, -0.25) is 9.09 Å². The van der Waals surface area contributed by atoms with Crippen LogP contribution < -0.4 is 5.32 Å². The lowest BCUT2D eigenvalue weighted by Crippen LogP contribution is -2.33. The molecular formula is C17H19FN5O8P. The zero-order valence-corrected chi connectivity index (χ0v) is 17.1. The fraction of sp³-hybridized carbons (Fsp3) is 0.353. The van der Waals surface area contributed by atoms with Crippen LogP contribution in [-0.2, 0) is 20.4 Å². The Hall–Kier alpha value is -2.71. The van der Waals surface area contributed by atoms with Gasteiger partial charge in [-0.1, -0.05) is 6.07 Å². The molecule has 32 heavy (non-hydrogen) atoms. The number of imidazole rings is 1. The SMILES string of the molecule is O=P(O)(O)OC[C@H]1O[C@@H](n2cnc3c(NCc4ccc(O)cc4F)ncnc32)[C@H](O)[C@@H]1O. The van der Waals surface area contributed by atoms with Crippen molar-refractivity contribution in [1.82, 2.24) is 19.5 Å². The van der Waals surface area contributed by atoms with Crippen molar-refractivity contribution in [3.05, 3.63) is 42.2 Å². The summed E-state index contributed by atoms with van der Waals surface area (Å²) in [5.74, 6) is -0.541. The summed E-state index contributed by atoms with van der Waals surface area (Å²) in [5, 5.41) is 32.8. The number of nitrogens with one attached hydrogen (secondary N) is 1. The van der Waals surface area contributed by atoms with E-state index in [4.69, 9.17) is 14.5 Å². The van der Waals surface area contributed by atoms with Gasteiger partial charge in [0.1, 0.15) is 36.2 Å². The number of benzene rings is 1. The van der Waals surface area contributed by atoms with Crippen molar-refractivity contribution in [3.8, 4) is 5.75 Å².